The standard InChI is InChI=1S/C23H28BrN5O2/c1-29-10-8-23(9-11-29,22(25)26)28-17-4-2-3-15(13-17)21(30)27-19-7-12-31-20-6-5-16(24)14-18(19)20/h2-6,13-14,19,28H,7-12H2,1H3,(H3,25,26)(H,27,30). The highest BCUT2D eigenvalue weighted by Crippen LogP contribution is 2.34. The van der Waals surface area contributed by atoms with Crippen molar-refractivity contribution < 1.29 is 9.53 Å². The summed E-state index contributed by atoms with van der Waals surface area (Å²) >= 11 is 3.50. The quantitative estimate of drug-likeness (QED) is 0.383. The van der Waals surface area contributed by atoms with Crippen molar-refractivity contribution in [2.24, 2.45) is 5.73 Å². The minimum Gasteiger partial charge on any atom is -0.493 e. The van der Waals surface area contributed by atoms with Gasteiger partial charge < -0.3 is 26.0 Å². The van der Waals surface area contributed by atoms with Crippen molar-refractivity contribution in [3.8, 4) is 5.75 Å². The van der Waals surface area contributed by atoms with Gasteiger partial charge in [-0.05, 0) is 56.3 Å². The number of benzene rings is 2. The normalized spacial score (nSPS) is 20.3. The summed E-state index contributed by atoms with van der Waals surface area (Å²) in [6.45, 7) is 2.30. The van der Waals surface area contributed by atoms with Gasteiger partial charge in [0, 0.05) is 40.8 Å². The van der Waals surface area contributed by atoms with E-state index in [2.05, 4.69) is 38.5 Å². The van der Waals surface area contributed by atoms with Crippen LogP contribution in [-0.2, 0) is 0 Å². The smallest absolute Gasteiger partial charge is 0.251 e. The van der Waals surface area contributed by atoms with Crippen molar-refractivity contribution in [3.05, 3.63) is 58.1 Å². The van der Waals surface area contributed by atoms with Gasteiger partial charge >= 0.3 is 0 Å². The van der Waals surface area contributed by atoms with Crippen LogP contribution >= 0.6 is 15.9 Å². The first-order valence-electron chi connectivity index (χ1n) is 10.5. The topological polar surface area (TPSA) is 103 Å². The van der Waals surface area contributed by atoms with E-state index in [0.717, 1.165) is 47.4 Å². The highest BCUT2D eigenvalue weighted by Gasteiger charge is 2.37. The second-order valence-electron chi connectivity index (χ2n) is 8.35. The SMILES string of the molecule is CN1CCC(Nc2cccc(C(=O)NC3CCOc4ccc(Br)cc43)c2)(C(=N)N)CC1. The highest BCUT2D eigenvalue weighted by molar-refractivity contribution is 9.10. The molecule has 2 aliphatic heterocycles. The molecule has 2 heterocycles. The predicted molar refractivity (Wildman–Crippen MR) is 126 cm³/mol. The van der Waals surface area contributed by atoms with Crippen LogP contribution < -0.4 is 21.1 Å². The lowest BCUT2D eigenvalue weighted by atomic mass is 9.86. The van der Waals surface area contributed by atoms with Crippen LogP contribution in [0.1, 0.15) is 41.2 Å². The van der Waals surface area contributed by atoms with E-state index in [4.69, 9.17) is 15.9 Å². The Bertz CT molecular complexity index is 988. The van der Waals surface area contributed by atoms with Crippen LogP contribution in [-0.4, -0.2) is 48.9 Å². The number of amides is 1. The number of carbonyl (C=O) groups is 1. The highest BCUT2D eigenvalue weighted by atomic mass is 79.9. The molecule has 0 bridgehead atoms. The second kappa shape index (κ2) is 8.88. The van der Waals surface area contributed by atoms with E-state index in [1.54, 1.807) is 6.07 Å². The molecule has 0 aliphatic carbocycles. The van der Waals surface area contributed by atoms with Gasteiger partial charge in [-0.25, -0.2) is 0 Å². The molecule has 2 aromatic rings. The molecule has 2 aliphatic rings. The Morgan fingerprint density at radius 1 is 1.26 bits per heavy atom. The molecule has 0 aromatic heterocycles. The predicted octanol–water partition coefficient (Wildman–Crippen LogP) is 3.51. The van der Waals surface area contributed by atoms with E-state index in [9.17, 15) is 4.79 Å². The Hall–Kier alpha value is -2.58. The van der Waals surface area contributed by atoms with Crippen LogP contribution in [0, 0.1) is 5.41 Å². The molecule has 31 heavy (non-hydrogen) atoms. The molecular formula is C23H28BrN5O2. The Morgan fingerprint density at radius 3 is 2.77 bits per heavy atom. The zero-order chi connectivity index (χ0) is 22.0. The minimum atomic E-state index is -0.576. The molecule has 8 heteroatoms. The first-order valence-corrected chi connectivity index (χ1v) is 11.3. The number of nitrogens with two attached hydrogens (primary N) is 1. The number of amidine groups is 1. The van der Waals surface area contributed by atoms with E-state index in [-0.39, 0.29) is 17.8 Å². The summed E-state index contributed by atoms with van der Waals surface area (Å²) in [6.07, 6.45) is 2.22. The number of carbonyl (C=O) groups excluding carboxylic acids is 1. The molecule has 2 aromatic carbocycles. The molecule has 4 rings (SSSR count). The van der Waals surface area contributed by atoms with Gasteiger partial charge in [-0.3, -0.25) is 10.2 Å². The number of anilines is 1. The van der Waals surface area contributed by atoms with E-state index in [0.29, 0.717) is 18.6 Å². The number of rotatable bonds is 5. The number of halogens is 1. The number of fused-ring (bicyclic) bond motifs is 1. The third-order valence-corrected chi connectivity index (χ3v) is 6.67. The number of likely N-dealkylation sites (tertiary alicyclic amines) is 1. The largest absolute Gasteiger partial charge is 0.493 e. The van der Waals surface area contributed by atoms with Crippen LogP contribution in [0.2, 0.25) is 0 Å². The fraction of sp³-hybridized carbons (Fsp3) is 0.391. The van der Waals surface area contributed by atoms with E-state index in [1.807, 2.05) is 36.4 Å². The molecule has 164 valence electrons. The van der Waals surface area contributed by atoms with Gasteiger partial charge in [-0.15, -0.1) is 0 Å². The minimum absolute atomic E-state index is 0.109. The maximum atomic E-state index is 13.0. The number of hydrogen-bond acceptors (Lipinski definition) is 5. The number of nitrogens with zero attached hydrogens (tertiary/aromatic N) is 1. The van der Waals surface area contributed by atoms with Crippen molar-refractivity contribution >= 4 is 33.4 Å². The second-order valence-corrected chi connectivity index (χ2v) is 9.27. The molecule has 5 N–H and O–H groups in total. The number of ether oxygens (including phenoxy) is 1. The van der Waals surface area contributed by atoms with Crippen molar-refractivity contribution in [2.75, 3.05) is 32.1 Å². The van der Waals surface area contributed by atoms with Gasteiger partial charge in [0.25, 0.3) is 5.91 Å². The first-order chi connectivity index (χ1) is 14.9. The maximum absolute atomic E-state index is 13.0. The molecule has 7 nitrogen and oxygen atoms in total. The molecule has 1 atom stereocenters. The molecule has 0 saturated carbocycles. The maximum Gasteiger partial charge on any atom is 0.251 e. The first kappa shape index (κ1) is 21.6. The summed E-state index contributed by atoms with van der Waals surface area (Å²) in [7, 11) is 2.07. The fourth-order valence-corrected chi connectivity index (χ4v) is 4.61. The molecule has 1 fully saturated rings. The lowest BCUT2D eigenvalue weighted by Crippen LogP contribution is -2.56. The van der Waals surface area contributed by atoms with Gasteiger partial charge in [0.15, 0.2) is 0 Å². The van der Waals surface area contributed by atoms with Crippen LogP contribution in [0.15, 0.2) is 46.9 Å². The molecule has 1 amide bonds. The van der Waals surface area contributed by atoms with Gasteiger partial charge in [-0.1, -0.05) is 22.0 Å². The summed E-state index contributed by atoms with van der Waals surface area (Å²) in [6, 6.07) is 13.2. The van der Waals surface area contributed by atoms with Crippen molar-refractivity contribution in [2.45, 2.75) is 30.8 Å². The summed E-state index contributed by atoms with van der Waals surface area (Å²) in [5.41, 5.74) is 7.75. The summed E-state index contributed by atoms with van der Waals surface area (Å²) < 4.78 is 6.68. The van der Waals surface area contributed by atoms with Crippen LogP contribution in [0.5, 0.6) is 5.75 Å². The Morgan fingerprint density at radius 2 is 2.03 bits per heavy atom. The number of piperidine rings is 1. The number of nitrogens with one attached hydrogen (secondary N) is 3. The molecule has 1 saturated heterocycles. The van der Waals surface area contributed by atoms with E-state index in [1.165, 1.54) is 0 Å². The lowest BCUT2D eigenvalue weighted by Gasteiger charge is -2.41. The average Bonchev–Trinajstić information content (AvgIpc) is 2.76. The Labute approximate surface area is 191 Å². The van der Waals surface area contributed by atoms with Gasteiger partial charge in [-0.2, -0.15) is 0 Å². The Kier molecular flexibility index (Phi) is 6.20. The van der Waals surface area contributed by atoms with Crippen LogP contribution in [0.3, 0.4) is 0 Å². The summed E-state index contributed by atoms with van der Waals surface area (Å²) in [5, 5.41) is 14.7. The zero-order valence-electron chi connectivity index (χ0n) is 17.6. The third kappa shape index (κ3) is 4.70. The van der Waals surface area contributed by atoms with Crippen LogP contribution in [0.25, 0.3) is 0 Å². The Balaban J connectivity index is 1.50. The summed E-state index contributed by atoms with van der Waals surface area (Å²) in [4.78, 5) is 15.3. The third-order valence-electron chi connectivity index (χ3n) is 6.18. The van der Waals surface area contributed by atoms with E-state index < -0.39 is 5.54 Å². The average molecular weight is 486 g/mol. The van der Waals surface area contributed by atoms with Crippen molar-refractivity contribution in [1.82, 2.24) is 10.2 Å². The number of hydrogen-bond donors (Lipinski definition) is 4. The van der Waals surface area contributed by atoms with Gasteiger partial charge in [0.05, 0.1) is 18.2 Å². The van der Waals surface area contributed by atoms with Crippen molar-refractivity contribution in [3.63, 3.8) is 0 Å². The molecule has 0 spiro atoms. The van der Waals surface area contributed by atoms with Gasteiger partial charge in [0.2, 0.25) is 0 Å². The van der Waals surface area contributed by atoms with Crippen LogP contribution in [0.4, 0.5) is 5.69 Å². The molecular weight excluding hydrogens is 458 g/mol. The van der Waals surface area contributed by atoms with Gasteiger partial charge in [0.1, 0.15) is 11.6 Å². The summed E-state index contributed by atoms with van der Waals surface area (Å²) in [5.74, 6) is 0.808. The van der Waals surface area contributed by atoms with E-state index >= 15 is 0 Å². The molecule has 1 unspecified atom stereocenters. The van der Waals surface area contributed by atoms with Crippen molar-refractivity contribution in [1.29, 1.82) is 5.41 Å². The molecule has 0 radical (unpaired) electrons. The fourth-order valence-electron chi connectivity index (χ4n) is 4.23. The zero-order valence-corrected chi connectivity index (χ0v) is 19.2. The monoisotopic (exact) mass is 485 g/mol. The lowest BCUT2D eigenvalue weighted by molar-refractivity contribution is 0.0925.